The van der Waals surface area contributed by atoms with Crippen molar-refractivity contribution in [1.82, 2.24) is 4.90 Å². The largest absolute Gasteiger partial charge is 0.481 e. The monoisotopic (exact) mass is 279 g/mol. The zero-order chi connectivity index (χ0) is 15.2. The van der Waals surface area contributed by atoms with Crippen LogP contribution in [-0.2, 0) is 19.9 Å². The summed E-state index contributed by atoms with van der Waals surface area (Å²) in [4.78, 5) is 24.8. The molecule has 0 radical (unpaired) electrons. The summed E-state index contributed by atoms with van der Waals surface area (Å²) in [6, 6.07) is 9.20. The van der Waals surface area contributed by atoms with E-state index in [1.165, 1.54) is 12.0 Å². The van der Waals surface area contributed by atoms with Gasteiger partial charge in [0.05, 0.1) is 6.42 Å². The fraction of sp³-hybridized carbons (Fsp3) is 0.467. The van der Waals surface area contributed by atoms with Crippen LogP contribution in [-0.4, -0.2) is 42.1 Å². The highest BCUT2D eigenvalue weighted by Gasteiger charge is 2.38. The van der Waals surface area contributed by atoms with E-state index >= 15 is 0 Å². The minimum absolute atomic E-state index is 0.0752. The number of carboxylic acids is 1. The second kappa shape index (κ2) is 7.05. The summed E-state index contributed by atoms with van der Waals surface area (Å²) in [6.45, 7) is 4.14. The molecule has 1 aromatic carbocycles. The van der Waals surface area contributed by atoms with Crippen LogP contribution in [0.3, 0.4) is 0 Å². The fourth-order valence-corrected chi connectivity index (χ4v) is 2.02. The summed E-state index contributed by atoms with van der Waals surface area (Å²) in [6.07, 6.45) is -0.0752. The maximum absolute atomic E-state index is 12.6. The molecule has 0 saturated carbocycles. The molecule has 0 saturated heterocycles. The molecule has 0 aliphatic heterocycles. The molecule has 1 rings (SSSR count). The molecule has 5 heteroatoms. The fourth-order valence-electron chi connectivity index (χ4n) is 2.02. The summed E-state index contributed by atoms with van der Waals surface area (Å²) in [5.41, 5.74) is -0.350. The Labute approximate surface area is 119 Å². The Bertz CT molecular complexity index is 460. The van der Waals surface area contributed by atoms with E-state index in [2.05, 4.69) is 0 Å². The molecule has 0 aliphatic rings. The van der Waals surface area contributed by atoms with Crippen LogP contribution in [0.25, 0.3) is 0 Å². The Morgan fingerprint density at radius 2 is 1.90 bits per heavy atom. The van der Waals surface area contributed by atoms with Gasteiger partial charge in [0.25, 0.3) is 5.91 Å². The number of aliphatic carboxylic acids is 1. The number of hydrogen-bond acceptors (Lipinski definition) is 3. The van der Waals surface area contributed by atoms with Crippen molar-refractivity contribution in [1.29, 1.82) is 0 Å². The van der Waals surface area contributed by atoms with Crippen LogP contribution in [0.2, 0.25) is 0 Å². The Kier molecular flexibility index (Phi) is 5.70. The number of benzene rings is 1. The number of methoxy groups -OCH3 is 1. The van der Waals surface area contributed by atoms with Gasteiger partial charge in [0, 0.05) is 20.2 Å². The van der Waals surface area contributed by atoms with Gasteiger partial charge in [0.2, 0.25) is 0 Å². The lowest BCUT2D eigenvalue weighted by molar-refractivity contribution is -0.154. The SMILES string of the molecule is CCN(CCC(=O)O)C(=O)C(C)(OC)c1ccccc1. The van der Waals surface area contributed by atoms with Gasteiger partial charge in [-0.3, -0.25) is 9.59 Å². The molecule has 0 bridgehead atoms. The van der Waals surface area contributed by atoms with E-state index in [9.17, 15) is 9.59 Å². The molecule has 5 nitrogen and oxygen atoms in total. The predicted octanol–water partition coefficient (Wildman–Crippen LogP) is 1.87. The van der Waals surface area contributed by atoms with Crippen LogP contribution in [0.15, 0.2) is 30.3 Å². The minimum Gasteiger partial charge on any atom is -0.481 e. The van der Waals surface area contributed by atoms with Crippen molar-refractivity contribution in [3.05, 3.63) is 35.9 Å². The minimum atomic E-state index is -1.10. The molecule has 0 aromatic heterocycles. The number of rotatable bonds is 7. The molecule has 20 heavy (non-hydrogen) atoms. The van der Waals surface area contributed by atoms with Crippen molar-refractivity contribution in [2.45, 2.75) is 25.9 Å². The molecule has 1 unspecified atom stereocenters. The molecule has 1 atom stereocenters. The van der Waals surface area contributed by atoms with Crippen molar-refractivity contribution >= 4 is 11.9 Å². The highest BCUT2D eigenvalue weighted by atomic mass is 16.5. The highest BCUT2D eigenvalue weighted by molar-refractivity contribution is 5.86. The van der Waals surface area contributed by atoms with Crippen LogP contribution in [0.4, 0.5) is 0 Å². The van der Waals surface area contributed by atoms with E-state index in [0.29, 0.717) is 6.54 Å². The smallest absolute Gasteiger partial charge is 0.305 e. The van der Waals surface area contributed by atoms with Gasteiger partial charge in [-0.2, -0.15) is 0 Å². The number of amides is 1. The van der Waals surface area contributed by atoms with Gasteiger partial charge in [-0.1, -0.05) is 30.3 Å². The third-order valence-electron chi connectivity index (χ3n) is 3.41. The quantitative estimate of drug-likeness (QED) is 0.827. The van der Waals surface area contributed by atoms with E-state index in [0.717, 1.165) is 5.56 Å². The zero-order valence-corrected chi connectivity index (χ0v) is 12.1. The van der Waals surface area contributed by atoms with Gasteiger partial charge in [-0.15, -0.1) is 0 Å². The van der Waals surface area contributed by atoms with Crippen molar-refractivity contribution in [2.24, 2.45) is 0 Å². The van der Waals surface area contributed by atoms with Crippen LogP contribution >= 0.6 is 0 Å². The standard InChI is InChI=1S/C15H21NO4/c1-4-16(11-10-13(17)18)14(19)15(2,20-3)12-8-6-5-7-9-12/h5-9H,4,10-11H2,1-3H3,(H,17,18). The summed E-state index contributed by atoms with van der Waals surface area (Å²) in [5, 5.41) is 8.75. The van der Waals surface area contributed by atoms with Gasteiger partial charge < -0.3 is 14.7 Å². The second-order valence-electron chi connectivity index (χ2n) is 4.63. The molecule has 110 valence electrons. The van der Waals surface area contributed by atoms with Crippen molar-refractivity contribution < 1.29 is 19.4 Å². The van der Waals surface area contributed by atoms with Gasteiger partial charge in [0.15, 0.2) is 5.60 Å². The number of carbonyl (C=O) groups excluding carboxylic acids is 1. The molecule has 0 spiro atoms. The Morgan fingerprint density at radius 1 is 1.30 bits per heavy atom. The third-order valence-corrected chi connectivity index (χ3v) is 3.41. The Balaban J connectivity index is 2.97. The number of carbonyl (C=O) groups is 2. The van der Waals surface area contributed by atoms with E-state index < -0.39 is 11.6 Å². The predicted molar refractivity (Wildman–Crippen MR) is 75.3 cm³/mol. The van der Waals surface area contributed by atoms with Crippen LogP contribution in [0.1, 0.15) is 25.8 Å². The van der Waals surface area contributed by atoms with Crippen molar-refractivity contribution in [2.75, 3.05) is 20.2 Å². The van der Waals surface area contributed by atoms with Gasteiger partial charge in [0.1, 0.15) is 0 Å². The summed E-state index contributed by atoms with van der Waals surface area (Å²) in [7, 11) is 1.48. The lowest BCUT2D eigenvalue weighted by Gasteiger charge is -2.33. The highest BCUT2D eigenvalue weighted by Crippen LogP contribution is 2.27. The first-order valence-corrected chi connectivity index (χ1v) is 6.57. The Morgan fingerprint density at radius 3 is 2.35 bits per heavy atom. The number of ether oxygens (including phenoxy) is 1. The van der Waals surface area contributed by atoms with Crippen LogP contribution in [0, 0.1) is 0 Å². The molecule has 1 N–H and O–H groups in total. The number of hydrogen-bond donors (Lipinski definition) is 1. The summed E-state index contributed by atoms with van der Waals surface area (Å²) in [5.74, 6) is -1.15. The topological polar surface area (TPSA) is 66.8 Å². The van der Waals surface area contributed by atoms with Crippen molar-refractivity contribution in [3.8, 4) is 0 Å². The van der Waals surface area contributed by atoms with E-state index in [1.807, 2.05) is 37.3 Å². The van der Waals surface area contributed by atoms with Crippen LogP contribution in [0.5, 0.6) is 0 Å². The maximum atomic E-state index is 12.6. The summed E-state index contributed by atoms with van der Waals surface area (Å²) < 4.78 is 5.44. The number of likely N-dealkylation sites (N-methyl/N-ethyl adjacent to an activating group) is 1. The molecule has 0 heterocycles. The third kappa shape index (κ3) is 3.57. The number of carboxylic acid groups (broad SMARTS) is 1. The molecular formula is C15H21NO4. The molecule has 0 fully saturated rings. The first kappa shape index (κ1) is 16.2. The lowest BCUT2D eigenvalue weighted by atomic mass is 9.94. The normalized spacial score (nSPS) is 13.6. The van der Waals surface area contributed by atoms with E-state index in [4.69, 9.17) is 9.84 Å². The lowest BCUT2D eigenvalue weighted by Crippen LogP contribution is -2.47. The number of nitrogens with zero attached hydrogens (tertiary/aromatic N) is 1. The van der Waals surface area contributed by atoms with Crippen LogP contribution < -0.4 is 0 Å². The average molecular weight is 279 g/mol. The molecule has 1 amide bonds. The molecule has 1 aromatic rings. The van der Waals surface area contributed by atoms with Crippen molar-refractivity contribution in [3.63, 3.8) is 0 Å². The zero-order valence-electron chi connectivity index (χ0n) is 12.1. The van der Waals surface area contributed by atoms with E-state index in [-0.39, 0.29) is 18.9 Å². The van der Waals surface area contributed by atoms with Gasteiger partial charge >= 0.3 is 5.97 Å². The second-order valence-corrected chi connectivity index (χ2v) is 4.63. The summed E-state index contributed by atoms with van der Waals surface area (Å²) >= 11 is 0. The average Bonchev–Trinajstić information content (AvgIpc) is 2.47. The first-order chi connectivity index (χ1) is 9.45. The first-order valence-electron chi connectivity index (χ1n) is 6.57. The van der Waals surface area contributed by atoms with E-state index in [1.54, 1.807) is 6.92 Å². The van der Waals surface area contributed by atoms with Gasteiger partial charge in [-0.05, 0) is 19.4 Å². The Hall–Kier alpha value is -1.88. The van der Waals surface area contributed by atoms with Gasteiger partial charge in [-0.25, -0.2) is 0 Å². The molecule has 0 aliphatic carbocycles. The maximum Gasteiger partial charge on any atom is 0.305 e. The molecular weight excluding hydrogens is 258 g/mol.